The highest BCUT2D eigenvalue weighted by Crippen LogP contribution is 2.29. The Morgan fingerprint density at radius 1 is 1.07 bits per heavy atom. The van der Waals surface area contributed by atoms with Gasteiger partial charge in [-0.2, -0.15) is 13.2 Å². The highest BCUT2D eigenvalue weighted by Gasteiger charge is 2.30. The molecule has 5 nitrogen and oxygen atoms in total. The third-order valence-corrected chi connectivity index (χ3v) is 3.60. The Labute approximate surface area is 154 Å². The molecule has 0 aromatic heterocycles. The number of carbonyl (C=O) groups excluding carboxylic acids is 2. The van der Waals surface area contributed by atoms with E-state index in [1.807, 2.05) is 6.07 Å². The minimum atomic E-state index is -4.44. The second-order valence-corrected chi connectivity index (χ2v) is 5.81. The number of alkyl halides is 3. The number of hydrogen-bond donors (Lipinski definition) is 2. The molecule has 0 saturated carbocycles. The molecule has 0 bridgehead atoms. The van der Waals surface area contributed by atoms with Crippen LogP contribution in [-0.2, 0) is 22.3 Å². The number of benzene rings is 2. The number of nitrogens with one attached hydrogen (secondary N) is 2. The lowest BCUT2D eigenvalue weighted by atomic mass is 10.1. The topological polar surface area (TPSA) is 67.4 Å². The lowest BCUT2D eigenvalue weighted by Gasteiger charge is -2.15. The van der Waals surface area contributed by atoms with Crippen LogP contribution >= 0.6 is 0 Å². The molecule has 0 unspecified atom stereocenters. The zero-order chi connectivity index (χ0) is 19.9. The number of ether oxygens (including phenoxy) is 1. The average Bonchev–Trinajstić information content (AvgIpc) is 2.64. The van der Waals surface area contributed by atoms with Gasteiger partial charge in [-0.1, -0.05) is 30.3 Å². The number of para-hydroxylation sites is 1. The summed E-state index contributed by atoms with van der Waals surface area (Å²) in [5.74, 6) is -0.477. The average molecular weight is 380 g/mol. The minimum absolute atomic E-state index is 0.0799. The van der Waals surface area contributed by atoms with E-state index in [9.17, 15) is 22.8 Å². The predicted molar refractivity (Wildman–Crippen MR) is 92.8 cm³/mol. The number of hydrogen-bond acceptors (Lipinski definition) is 3. The molecule has 0 saturated heterocycles. The van der Waals surface area contributed by atoms with Crippen molar-refractivity contribution >= 4 is 11.8 Å². The maximum Gasteiger partial charge on any atom is 0.416 e. The first-order valence-electron chi connectivity index (χ1n) is 8.17. The van der Waals surface area contributed by atoms with Crippen molar-refractivity contribution in [1.29, 1.82) is 0 Å². The molecule has 0 aliphatic heterocycles. The number of carbonyl (C=O) groups is 2. The summed E-state index contributed by atoms with van der Waals surface area (Å²) in [5, 5.41) is 4.96. The number of halogens is 3. The van der Waals surface area contributed by atoms with Crippen LogP contribution in [0.3, 0.4) is 0 Å². The molecule has 144 valence electrons. The summed E-state index contributed by atoms with van der Waals surface area (Å²) >= 11 is 0. The van der Waals surface area contributed by atoms with Crippen LogP contribution in [-0.4, -0.2) is 24.5 Å². The fourth-order valence-corrected chi connectivity index (χ4v) is 2.21. The Hall–Kier alpha value is -3.03. The van der Waals surface area contributed by atoms with Crippen LogP contribution < -0.4 is 15.4 Å². The highest BCUT2D eigenvalue weighted by atomic mass is 19.4. The lowest BCUT2D eigenvalue weighted by Crippen LogP contribution is -2.46. The molecule has 0 radical (unpaired) electrons. The van der Waals surface area contributed by atoms with Gasteiger partial charge in [0.1, 0.15) is 11.8 Å². The van der Waals surface area contributed by atoms with Gasteiger partial charge in [0.05, 0.1) is 5.56 Å². The fraction of sp³-hybridized carbons (Fsp3) is 0.263. The van der Waals surface area contributed by atoms with E-state index < -0.39 is 29.6 Å². The van der Waals surface area contributed by atoms with Gasteiger partial charge in [0.15, 0.2) is 6.61 Å². The number of rotatable bonds is 7. The highest BCUT2D eigenvalue weighted by molar-refractivity contribution is 5.87. The molecule has 0 aliphatic carbocycles. The molecular formula is C19H19F3N2O3. The van der Waals surface area contributed by atoms with E-state index in [0.717, 1.165) is 12.1 Å². The SMILES string of the molecule is C[C@@H](NC(=O)COc1ccccc1)C(=O)NCc1cccc(C(F)(F)F)c1. The van der Waals surface area contributed by atoms with Gasteiger partial charge in [-0.3, -0.25) is 9.59 Å². The summed E-state index contributed by atoms with van der Waals surface area (Å²) in [6.45, 7) is 1.14. The van der Waals surface area contributed by atoms with Crippen LogP contribution in [0.1, 0.15) is 18.1 Å². The molecule has 2 N–H and O–H groups in total. The Balaban J connectivity index is 1.79. The Bertz CT molecular complexity index is 779. The van der Waals surface area contributed by atoms with Gasteiger partial charge in [0.25, 0.3) is 5.91 Å². The van der Waals surface area contributed by atoms with E-state index in [2.05, 4.69) is 10.6 Å². The second-order valence-electron chi connectivity index (χ2n) is 5.81. The fourth-order valence-electron chi connectivity index (χ4n) is 2.21. The van der Waals surface area contributed by atoms with Crippen molar-refractivity contribution in [3.63, 3.8) is 0 Å². The molecule has 8 heteroatoms. The zero-order valence-electron chi connectivity index (χ0n) is 14.5. The summed E-state index contributed by atoms with van der Waals surface area (Å²) in [6.07, 6.45) is -4.44. The molecule has 1 atom stereocenters. The first kappa shape index (κ1) is 20.3. The maximum atomic E-state index is 12.7. The van der Waals surface area contributed by atoms with E-state index in [4.69, 9.17) is 4.74 Å². The molecule has 2 amide bonds. The van der Waals surface area contributed by atoms with Crippen molar-refractivity contribution in [3.8, 4) is 5.75 Å². The van der Waals surface area contributed by atoms with Crippen molar-refractivity contribution in [1.82, 2.24) is 10.6 Å². The van der Waals surface area contributed by atoms with Gasteiger partial charge in [0.2, 0.25) is 5.91 Å². The minimum Gasteiger partial charge on any atom is -0.484 e. The molecule has 27 heavy (non-hydrogen) atoms. The van der Waals surface area contributed by atoms with Crippen molar-refractivity contribution in [2.75, 3.05) is 6.61 Å². The molecule has 0 heterocycles. The Morgan fingerprint density at radius 2 is 1.78 bits per heavy atom. The van der Waals surface area contributed by atoms with Crippen LogP contribution in [0.25, 0.3) is 0 Å². The molecular weight excluding hydrogens is 361 g/mol. The van der Waals surface area contributed by atoms with Crippen LogP contribution in [0.5, 0.6) is 5.75 Å². The molecule has 2 aromatic carbocycles. The van der Waals surface area contributed by atoms with Crippen LogP contribution in [0.2, 0.25) is 0 Å². The van der Waals surface area contributed by atoms with Gasteiger partial charge >= 0.3 is 6.18 Å². The van der Waals surface area contributed by atoms with E-state index >= 15 is 0 Å². The monoisotopic (exact) mass is 380 g/mol. The van der Waals surface area contributed by atoms with E-state index in [1.165, 1.54) is 19.1 Å². The lowest BCUT2D eigenvalue weighted by molar-refractivity contribution is -0.137. The van der Waals surface area contributed by atoms with Crippen molar-refractivity contribution in [2.45, 2.75) is 25.7 Å². The summed E-state index contributed by atoms with van der Waals surface area (Å²) in [5.41, 5.74) is -0.474. The van der Waals surface area contributed by atoms with Gasteiger partial charge in [-0.25, -0.2) is 0 Å². The molecule has 0 fully saturated rings. The largest absolute Gasteiger partial charge is 0.484 e. The second kappa shape index (κ2) is 9.07. The van der Waals surface area contributed by atoms with Crippen molar-refractivity contribution in [2.24, 2.45) is 0 Å². The standard InChI is InChI=1S/C19H19F3N2O3/c1-13(24-17(25)12-27-16-8-3-2-4-9-16)18(26)23-11-14-6-5-7-15(10-14)19(20,21)22/h2-10,13H,11-12H2,1H3,(H,23,26)(H,24,25)/t13-/m1/s1. The third-order valence-electron chi connectivity index (χ3n) is 3.60. The van der Waals surface area contributed by atoms with Crippen LogP contribution in [0.4, 0.5) is 13.2 Å². The summed E-state index contributed by atoms with van der Waals surface area (Å²) < 4.78 is 43.3. The van der Waals surface area contributed by atoms with E-state index in [1.54, 1.807) is 24.3 Å². The molecule has 0 spiro atoms. The smallest absolute Gasteiger partial charge is 0.416 e. The molecule has 2 rings (SSSR count). The summed E-state index contributed by atoms with van der Waals surface area (Å²) in [4.78, 5) is 23.8. The van der Waals surface area contributed by atoms with Gasteiger partial charge in [0, 0.05) is 6.54 Å². The predicted octanol–water partition coefficient (Wildman–Crippen LogP) is 2.91. The first-order chi connectivity index (χ1) is 12.8. The van der Waals surface area contributed by atoms with E-state index in [-0.39, 0.29) is 13.2 Å². The Kier molecular flexibility index (Phi) is 6.81. The zero-order valence-corrected chi connectivity index (χ0v) is 14.5. The molecule has 2 aromatic rings. The third kappa shape index (κ3) is 6.65. The van der Waals surface area contributed by atoms with Crippen LogP contribution in [0.15, 0.2) is 54.6 Å². The number of amides is 2. The van der Waals surface area contributed by atoms with Crippen molar-refractivity contribution < 1.29 is 27.5 Å². The van der Waals surface area contributed by atoms with E-state index in [0.29, 0.717) is 11.3 Å². The maximum absolute atomic E-state index is 12.7. The van der Waals surface area contributed by atoms with Gasteiger partial charge in [-0.05, 0) is 36.8 Å². The molecule has 0 aliphatic rings. The van der Waals surface area contributed by atoms with Crippen LogP contribution in [0, 0.1) is 0 Å². The van der Waals surface area contributed by atoms with Gasteiger partial charge in [-0.15, -0.1) is 0 Å². The Morgan fingerprint density at radius 3 is 2.44 bits per heavy atom. The van der Waals surface area contributed by atoms with Gasteiger partial charge < -0.3 is 15.4 Å². The normalized spacial score (nSPS) is 12.1. The summed E-state index contributed by atoms with van der Waals surface area (Å²) in [6, 6.07) is 12.5. The summed E-state index contributed by atoms with van der Waals surface area (Å²) in [7, 11) is 0. The van der Waals surface area contributed by atoms with Crippen molar-refractivity contribution in [3.05, 3.63) is 65.7 Å². The quantitative estimate of drug-likeness (QED) is 0.776. The first-order valence-corrected chi connectivity index (χ1v) is 8.17.